The number of cyclic esters (lactones) is 1. The van der Waals surface area contributed by atoms with Crippen LogP contribution in [-0.2, 0) is 9.53 Å². The van der Waals surface area contributed by atoms with Gasteiger partial charge in [0.1, 0.15) is 18.1 Å². The third kappa shape index (κ3) is 5.17. The molecule has 2 aromatic carbocycles. The molecule has 144 valence electrons. The summed E-state index contributed by atoms with van der Waals surface area (Å²) in [5, 5.41) is 2.68. The van der Waals surface area contributed by atoms with Crippen LogP contribution in [-0.4, -0.2) is 45.4 Å². The van der Waals surface area contributed by atoms with Crippen LogP contribution in [0, 0.1) is 11.8 Å². The summed E-state index contributed by atoms with van der Waals surface area (Å²) in [6.07, 6.45) is -0.335. The Kier molecular flexibility index (Phi) is 6.37. The number of rotatable bonds is 6. The van der Waals surface area contributed by atoms with E-state index in [0.717, 1.165) is 11.3 Å². The Morgan fingerprint density at radius 1 is 1.21 bits per heavy atom. The third-order valence-corrected chi connectivity index (χ3v) is 3.96. The van der Waals surface area contributed by atoms with E-state index >= 15 is 0 Å². The van der Waals surface area contributed by atoms with Crippen molar-refractivity contribution in [3.8, 4) is 23.3 Å². The molecule has 0 saturated carbocycles. The van der Waals surface area contributed by atoms with Crippen molar-refractivity contribution in [3.05, 3.63) is 54.1 Å². The lowest BCUT2D eigenvalue weighted by atomic mass is 10.2. The van der Waals surface area contributed by atoms with Crippen LogP contribution in [0.1, 0.15) is 5.56 Å². The first-order chi connectivity index (χ1) is 13.7. The van der Waals surface area contributed by atoms with Crippen LogP contribution in [0.3, 0.4) is 0 Å². The second-order valence-electron chi connectivity index (χ2n) is 5.86. The molecule has 1 heterocycles. The first-order valence-corrected chi connectivity index (χ1v) is 8.72. The maximum absolute atomic E-state index is 11.8. The Balaban J connectivity index is 1.43. The molecule has 1 saturated heterocycles. The highest BCUT2D eigenvalue weighted by Gasteiger charge is 2.23. The highest BCUT2D eigenvalue weighted by molar-refractivity contribution is 5.89. The van der Waals surface area contributed by atoms with Gasteiger partial charge >= 0.3 is 6.09 Å². The maximum atomic E-state index is 11.8. The van der Waals surface area contributed by atoms with Gasteiger partial charge in [-0.25, -0.2) is 4.79 Å². The number of anilines is 1. The molecular formula is C21H20N2O5. The number of ether oxygens (including phenoxy) is 3. The molecule has 2 aromatic rings. The fourth-order valence-corrected chi connectivity index (χ4v) is 2.53. The van der Waals surface area contributed by atoms with E-state index in [1.165, 1.54) is 0 Å². The van der Waals surface area contributed by atoms with Gasteiger partial charge in [0.05, 0.1) is 20.2 Å². The van der Waals surface area contributed by atoms with Gasteiger partial charge < -0.3 is 19.5 Å². The second-order valence-corrected chi connectivity index (χ2v) is 5.86. The highest BCUT2D eigenvalue weighted by Crippen LogP contribution is 2.19. The SMILES string of the molecule is COc1cccc(OCC(=O)NCC#Cc2ccc(N3CCOC3=O)cc2)c1. The fraction of sp³-hybridized carbons (Fsp3) is 0.238. The average molecular weight is 380 g/mol. The Bertz CT molecular complexity index is 899. The van der Waals surface area contributed by atoms with E-state index in [2.05, 4.69) is 17.2 Å². The van der Waals surface area contributed by atoms with Crippen molar-refractivity contribution in [1.82, 2.24) is 5.32 Å². The zero-order valence-electron chi connectivity index (χ0n) is 15.4. The number of amides is 2. The quantitative estimate of drug-likeness (QED) is 0.778. The summed E-state index contributed by atoms with van der Waals surface area (Å²) < 4.78 is 15.4. The normalized spacial score (nSPS) is 12.6. The van der Waals surface area contributed by atoms with Crippen LogP contribution in [0.4, 0.5) is 10.5 Å². The molecule has 2 amide bonds. The first-order valence-electron chi connectivity index (χ1n) is 8.72. The Morgan fingerprint density at radius 3 is 2.71 bits per heavy atom. The summed E-state index contributed by atoms with van der Waals surface area (Å²) in [5.74, 6) is 6.80. The van der Waals surface area contributed by atoms with Crippen LogP contribution >= 0.6 is 0 Å². The minimum Gasteiger partial charge on any atom is -0.497 e. The van der Waals surface area contributed by atoms with Crippen molar-refractivity contribution in [3.63, 3.8) is 0 Å². The molecule has 7 heteroatoms. The summed E-state index contributed by atoms with van der Waals surface area (Å²) >= 11 is 0. The fourth-order valence-electron chi connectivity index (χ4n) is 2.53. The van der Waals surface area contributed by atoms with Crippen molar-refractivity contribution >= 4 is 17.7 Å². The average Bonchev–Trinajstić information content (AvgIpc) is 3.16. The van der Waals surface area contributed by atoms with Gasteiger partial charge in [0.15, 0.2) is 6.61 Å². The van der Waals surface area contributed by atoms with E-state index in [1.807, 2.05) is 24.3 Å². The number of nitrogens with one attached hydrogen (secondary N) is 1. The minimum atomic E-state index is -0.335. The van der Waals surface area contributed by atoms with E-state index in [9.17, 15) is 9.59 Å². The standard InChI is InChI=1S/C21H20N2O5/c1-26-18-5-2-6-19(14-18)28-15-20(24)22-11-3-4-16-7-9-17(10-8-16)23-12-13-27-21(23)25/h2,5-10,14H,11-13,15H2,1H3,(H,22,24). The van der Waals surface area contributed by atoms with Crippen molar-refractivity contribution in [2.24, 2.45) is 0 Å². The second kappa shape index (κ2) is 9.33. The van der Waals surface area contributed by atoms with Gasteiger partial charge in [-0.15, -0.1) is 0 Å². The molecule has 0 aliphatic carbocycles. The summed E-state index contributed by atoms with van der Waals surface area (Å²) in [5.41, 5.74) is 1.56. The van der Waals surface area contributed by atoms with Gasteiger partial charge in [0.2, 0.25) is 0 Å². The van der Waals surface area contributed by atoms with Crippen molar-refractivity contribution < 1.29 is 23.8 Å². The van der Waals surface area contributed by atoms with E-state index in [1.54, 1.807) is 36.3 Å². The molecule has 28 heavy (non-hydrogen) atoms. The number of hydrogen-bond acceptors (Lipinski definition) is 5. The molecule has 0 bridgehead atoms. The van der Waals surface area contributed by atoms with Crippen molar-refractivity contribution in [1.29, 1.82) is 0 Å². The van der Waals surface area contributed by atoms with Crippen LogP contribution in [0.5, 0.6) is 11.5 Å². The van der Waals surface area contributed by atoms with Gasteiger partial charge in [-0.05, 0) is 36.4 Å². The summed E-state index contributed by atoms with van der Waals surface area (Å²) in [6.45, 7) is 1.06. The van der Waals surface area contributed by atoms with E-state index in [-0.39, 0.29) is 25.2 Å². The van der Waals surface area contributed by atoms with Gasteiger partial charge in [-0.3, -0.25) is 9.69 Å². The van der Waals surface area contributed by atoms with Gasteiger partial charge in [-0.2, -0.15) is 0 Å². The molecule has 3 rings (SSSR count). The Morgan fingerprint density at radius 2 is 2.00 bits per heavy atom. The predicted molar refractivity (Wildman–Crippen MR) is 104 cm³/mol. The molecule has 1 N–H and O–H groups in total. The monoisotopic (exact) mass is 380 g/mol. The van der Waals surface area contributed by atoms with Gasteiger partial charge in [0.25, 0.3) is 5.91 Å². The smallest absolute Gasteiger partial charge is 0.414 e. The number of methoxy groups -OCH3 is 1. The largest absolute Gasteiger partial charge is 0.497 e. The molecule has 7 nitrogen and oxygen atoms in total. The van der Waals surface area contributed by atoms with Crippen LogP contribution < -0.4 is 19.7 Å². The molecule has 1 fully saturated rings. The summed E-state index contributed by atoms with van der Waals surface area (Å²) in [4.78, 5) is 24.9. The summed E-state index contributed by atoms with van der Waals surface area (Å²) in [7, 11) is 1.57. The number of hydrogen-bond donors (Lipinski definition) is 1. The maximum Gasteiger partial charge on any atom is 0.414 e. The number of carbonyl (C=O) groups excluding carboxylic acids is 2. The predicted octanol–water partition coefficient (Wildman–Crippen LogP) is 2.20. The Hall–Kier alpha value is -3.66. The van der Waals surface area contributed by atoms with Crippen LogP contribution in [0.2, 0.25) is 0 Å². The van der Waals surface area contributed by atoms with Gasteiger partial charge in [0, 0.05) is 17.3 Å². The molecule has 0 unspecified atom stereocenters. The topological polar surface area (TPSA) is 77.1 Å². The zero-order chi connectivity index (χ0) is 19.8. The Labute approximate surface area is 163 Å². The number of carbonyl (C=O) groups is 2. The lowest BCUT2D eigenvalue weighted by molar-refractivity contribution is -0.122. The summed E-state index contributed by atoms with van der Waals surface area (Å²) in [6, 6.07) is 14.3. The van der Waals surface area contributed by atoms with Gasteiger partial charge in [-0.1, -0.05) is 17.9 Å². The lowest BCUT2D eigenvalue weighted by Crippen LogP contribution is -2.29. The molecule has 0 radical (unpaired) electrons. The molecule has 0 atom stereocenters. The van der Waals surface area contributed by atoms with Crippen LogP contribution in [0.15, 0.2) is 48.5 Å². The molecular weight excluding hydrogens is 360 g/mol. The van der Waals surface area contributed by atoms with Crippen LogP contribution in [0.25, 0.3) is 0 Å². The number of benzene rings is 2. The molecule has 0 aromatic heterocycles. The lowest BCUT2D eigenvalue weighted by Gasteiger charge is -2.11. The highest BCUT2D eigenvalue weighted by atomic mass is 16.6. The number of nitrogens with zero attached hydrogens (tertiary/aromatic N) is 1. The molecule has 0 spiro atoms. The molecule has 1 aliphatic heterocycles. The zero-order valence-corrected chi connectivity index (χ0v) is 15.4. The third-order valence-electron chi connectivity index (χ3n) is 3.96. The molecule has 1 aliphatic rings. The van der Waals surface area contributed by atoms with E-state index in [0.29, 0.717) is 24.7 Å². The van der Waals surface area contributed by atoms with Crippen molar-refractivity contribution in [2.45, 2.75) is 0 Å². The first kappa shape index (κ1) is 19.1. The van der Waals surface area contributed by atoms with Crippen molar-refractivity contribution in [2.75, 3.05) is 38.3 Å². The van der Waals surface area contributed by atoms with E-state index < -0.39 is 0 Å². The minimum absolute atomic E-state index is 0.102. The van der Waals surface area contributed by atoms with E-state index in [4.69, 9.17) is 14.2 Å².